The largest absolute Gasteiger partial charge is 0.461 e. The van der Waals surface area contributed by atoms with Crippen LogP contribution < -0.4 is 10.2 Å². The minimum absolute atomic E-state index is 0.0454. The number of carbonyl (C=O) groups is 1. The van der Waals surface area contributed by atoms with Crippen LogP contribution in [0.3, 0.4) is 0 Å². The smallest absolute Gasteiger partial charge is 0.315 e. The lowest BCUT2D eigenvalue weighted by Crippen LogP contribution is -2.17. The molecule has 0 N–H and O–H groups in total. The molecule has 0 amide bonds. The molecule has 5 nitrogen and oxygen atoms in total. The summed E-state index contributed by atoms with van der Waals surface area (Å²) >= 11 is 0. The molecule has 2 aromatic heterocycles. The van der Waals surface area contributed by atoms with Crippen LogP contribution >= 0.6 is 0 Å². The minimum atomic E-state index is -0.548. The summed E-state index contributed by atoms with van der Waals surface area (Å²) in [5.41, 5.74) is 1.69. The maximum atomic E-state index is 13.0. The van der Waals surface area contributed by atoms with Gasteiger partial charge < -0.3 is 13.6 Å². The van der Waals surface area contributed by atoms with Gasteiger partial charge in [0.2, 0.25) is 16.9 Å². The summed E-state index contributed by atoms with van der Waals surface area (Å²) in [6, 6.07) is 17.8. The Balaban J connectivity index is 1.80. The van der Waals surface area contributed by atoms with Crippen molar-refractivity contribution in [3.8, 4) is 17.3 Å². The standard InChI is InChI=1S/C22H16O5/c1-14-9-10-17-16(12-14)20(24)22(21(26-17)18-8-5-11-25-18)27-19(23)13-15-6-3-2-4-7-15/h2-12H,13H2,1H3. The lowest BCUT2D eigenvalue weighted by atomic mass is 10.1. The van der Waals surface area contributed by atoms with E-state index in [1.165, 1.54) is 6.26 Å². The first-order chi connectivity index (χ1) is 13.1. The fourth-order valence-electron chi connectivity index (χ4n) is 2.87. The number of carbonyl (C=O) groups excluding carboxylic acids is 1. The zero-order chi connectivity index (χ0) is 18.8. The van der Waals surface area contributed by atoms with Gasteiger partial charge in [-0.2, -0.15) is 0 Å². The number of aryl methyl sites for hydroxylation is 1. The predicted molar refractivity (Wildman–Crippen MR) is 101 cm³/mol. The van der Waals surface area contributed by atoms with Crippen molar-refractivity contribution < 1.29 is 18.4 Å². The number of esters is 1. The van der Waals surface area contributed by atoms with Gasteiger partial charge in [0.25, 0.3) is 0 Å². The topological polar surface area (TPSA) is 69.7 Å². The Morgan fingerprint density at radius 2 is 1.85 bits per heavy atom. The van der Waals surface area contributed by atoms with E-state index < -0.39 is 11.4 Å². The molecule has 0 fully saturated rings. The second-order valence-electron chi connectivity index (χ2n) is 6.20. The highest BCUT2D eigenvalue weighted by atomic mass is 16.5. The molecule has 0 bridgehead atoms. The number of benzene rings is 2. The number of furan rings is 1. The van der Waals surface area contributed by atoms with E-state index in [1.54, 1.807) is 24.3 Å². The summed E-state index contributed by atoms with van der Waals surface area (Å²) in [4.78, 5) is 25.4. The summed E-state index contributed by atoms with van der Waals surface area (Å²) < 4.78 is 16.7. The summed E-state index contributed by atoms with van der Waals surface area (Å²) in [5.74, 6) is -0.294. The van der Waals surface area contributed by atoms with Crippen molar-refractivity contribution >= 4 is 16.9 Å². The Hall–Kier alpha value is -3.60. The van der Waals surface area contributed by atoms with Crippen LogP contribution in [0, 0.1) is 6.92 Å². The van der Waals surface area contributed by atoms with E-state index in [2.05, 4.69) is 0 Å². The quantitative estimate of drug-likeness (QED) is 0.501. The van der Waals surface area contributed by atoms with Crippen molar-refractivity contribution in [2.24, 2.45) is 0 Å². The first-order valence-corrected chi connectivity index (χ1v) is 8.48. The van der Waals surface area contributed by atoms with Crippen molar-refractivity contribution in [1.82, 2.24) is 0 Å². The van der Waals surface area contributed by atoms with Gasteiger partial charge in [0.1, 0.15) is 5.58 Å². The fraction of sp³-hybridized carbons (Fsp3) is 0.0909. The van der Waals surface area contributed by atoms with Crippen molar-refractivity contribution in [1.29, 1.82) is 0 Å². The predicted octanol–water partition coefficient (Wildman–Crippen LogP) is 4.51. The SMILES string of the molecule is Cc1ccc2oc(-c3ccco3)c(OC(=O)Cc3ccccc3)c(=O)c2c1. The summed E-state index contributed by atoms with van der Waals surface area (Å²) in [6.07, 6.45) is 1.51. The van der Waals surface area contributed by atoms with Crippen LogP contribution in [0.4, 0.5) is 0 Å². The van der Waals surface area contributed by atoms with Crippen molar-refractivity contribution in [2.45, 2.75) is 13.3 Å². The van der Waals surface area contributed by atoms with E-state index in [1.807, 2.05) is 43.3 Å². The summed E-state index contributed by atoms with van der Waals surface area (Å²) in [5, 5.41) is 0.354. The van der Waals surface area contributed by atoms with Gasteiger partial charge in [-0.1, -0.05) is 42.0 Å². The van der Waals surface area contributed by atoms with E-state index in [4.69, 9.17) is 13.6 Å². The van der Waals surface area contributed by atoms with E-state index in [-0.39, 0.29) is 17.9 Å². The monoisotopic (exact) mass is 360 g/mol. The van der Waals surface area contributed by atoms with Crippen LogP contribution in [0.15, 0.2) is 80.6 Å². The number of hydrogen-bond acceptors (Lipinski definition) is 5. The molecule has 4 rings (SSSR count). The molecule has 27 heavy (non-hydrogen) atoms. The van der Waals surface area contributed by atoms with Crippen LogP contribution in [0.5, 0.6) is 5.75 Å². The fourth-order valence-corrected chi connectivity index (χ4v) is 2.87. The third-order valence-corrected chi connectivity index (χ3v) is 4.16. The van der Waals surface area contributed by atoms with Gasteiger partial charge in [-0.15, -0.1) is 0 Å². The van der Waals surface area contributed by atoms with E-state index in [0.29, 0.717) is 16.7 Å². The number of hydrogen-bond donors (Lipinski definition) is 0. The molecule has 0 radical (unpaired) electrons. The lowest BCUT2D eigenvalue weighted by Gasteiger charge is -2.09. The van der Waals surface area contributed by atoms with Gasteiger partial charge in [-0.25, -0.2) is 0 Å². The molecule has 134 valence electrons. The maximum Gasteiger partial charge on any atom is 0.315 e. The molecule has 0 atom stereocenters. The maximum absolute atomic E-state index is 13.0. The molecule has 2 heterocycles. The van der Waals surface area contributed by atoms with Crippen LogP contribution in [-0.4, -0.2) is 5.97 Å². The molecule has 0 spiro atoms. The van der Waals surface area contributed by atoms with Crippen molar-refractivity contribution in [3.63, 3.8) is 0 Å². The third kappa shape index (κ3) is 3.40. The molecule has 4 aromatic rings. The molecule has 5 heteroatoms. The van der Waals surface area contributed by atoms with Gasteiger partial charge in [-0.3, -0.25) is 9.59 Å². The van der Waals surface area contributed by atoms with Crippen molar-refractivity contribution in [3.05, 3.63) is 88.3 Å². The molecule has 0 aliphatic carbocycles. The van der Waals surface area contributed by atoms with Gasteiger partial charge in [-0.05, 0) is 36.8 Å². The normalized spacial score (nSPS) is 10.9. The second-order valence-corrected chi connectivity index (χ2v) is 6.20. The molecular formula is C22H16O5. The highest BCUT2D eigenvalue weighted by Crippen LogP contribution is 2.31. The van der Waals surface area contributed by atoms with Gasteiger partial charge in [0.15, 0.2) is 5.76 Å². The highest BCUT2D eigenvalue weighted by Gasteiger charge is 2.22. The number of ether oxygens (including phenoxy) is 1. The number of rotatable bonds is 4. The molecular weight excluding hydrogens is 344 g/mol. The Morgan fingerprint density at radius 3 is 2.59 bits per heavy atom. The Bertz CT molecular complexity index is 1150. The Kier molecular flexibility index (Phi) is 4.34. The second kappa shape index (κ2) is 6.96. The summed E-state index contributed by atoms with van der Waals surface area (Å²) in [7, 11) is 0. The first kappa shape index (κ1) is 16.8. The average molecular weight is 360 g/mol. The molecule has 2 aromatic carbocycles. The van der Waals surface area contributed by atoms with Crippen molar-refractivity contribution in [2.75, 3.05) is 0 Å². The van der Waals surface area contributed by atoms with Crippen LogP contribution in [0.2, 0.25) is 0 Å². The first-order valence-electron chi connectivity index (χ1n) is 8.48. The van der Waals surface area contributed by atoms with Crippen LogP contribution in [0.25, 0.3) is 22.5 Å². The van der Waals surface area contributed by atoms with Gasteiger partial charge in [0.05, 0.1) is 18.1 Å². The molecule has 0 unspecified atom stereocenters. The molecule has 0 saturated carbocycles. The van der Waals surface area contributed by atoms with Gasteiger partial charge >= 0.3 is 5.97 Å². The van der Waals surface area contributed by atoms with Crippen LogP contribution in [-0.2, 0) is 11.2 Å². The molecule has 0 saturated heterocycles. The van der Waals surface area contributed by atoms with Crippen LogP contribution in [0.1, 0.15) is 11.1 Å². The van der Waals surface area contributed by atoms with Gasteiger partial charge in [0, 0.05) is 0 Å². The summed E-state index contributed by atoms with van der Waals surface area (Å²) in [6.45, 7) is 1.88. The molecule has 0 aliphatic rings. The number of fused-ring (bicyclic) bond motifs is 1. The zero-order valence-electron chi connectivity index (χ0n) is 14.6. The Morgan fingerprint density at radius 1 is 1.04 bits per heavy atom. The third-order valence-electron chi connectivity index (χ3n) is 4.16. The average Bonchev–Trinajstić information content (AvgIpc) is 3.20. The minimum Gasteiger partial charge on any atom is -0.461 e. The van der Waals surface area contributed by atoms with E-state index >= 15 is 0 Å². The van der Waals surface area contributed by atoms with E-state index in [0.717, 1.165) is 11.1 Å². The molecule has 0 aliphatic heterocycles. The highest BCUT2D eigenvalue weighted by molar-refractivity contribution is 5.84. The van der Waals surface area contributed by atoms with E-state index in [9.17, 15) is 9.59 Å². The lowest BCUT2D eigenvalue weighted by molar-refractivity contribution is -0.133. The zero-order valence-corrected chi connectivity index (χ0v) is 14.6. The Labute approximate surface area is 154 Å².